The molecule has 0 bridgehead atoms. The number of nitrogens with zero attached hydrogens (tertiary/aromatic N) is 3. The fourth-order valence-corrected chi connectivity index (χ4v) is 4.67. The van der Waals surface area contributed by atoms with E-state index in [1.165, 1.54) is 5.56 Å². The molecule has 0 atom stereocenters. The van der Waals surface area contributed by atoms with Gasteiger partial charge in [0.1, 0.15) is 0 Å². The van der Waals surface area contributed by atoms with Crippen LogP contribution >= 0.6 is 0 Å². The van der Waals surface area contributed by atoms with Crippen LogP contribution in [-0.4, -0.2) is 71.7 Å². The minimum atomic E-state index is 0.00624. The van der Waals surface area contributed by atoms with E-state index >= 15 is 0 Å². The summed E-state index contributed by atoms with van der Waals surface area (Å²) in [5, 5.41) is 3.14. The van der Waals surface area contributed by atoms with Gasteiger partial charge in [-0.1, -0.05) is 30.3 Å². The second-order valence-electron chi connectivity index (χ2n) is 8.48. The Bertz CT molecular complexity index is 863. The molecule has 2 aliphatic heterocycles. The van der Waals surface area contributed by atoms with Crippen molar-refractivity contribution in [2.45, 2.75) is 44.2 Å². The lowest BCUT2D eigenvalue weighted by molar-refractivity contribution is 0.0209. The normalized spacial score (nSPS) is 17.7. The summed E-state index contributed by atoms with van der Waals surface area (Å²) in [6, 6.07) is 14.0. The van der Waals surface area contributed by atoms with Crippen molar-refractivity contribution < 1.29 is 14.3 Å². The quantitative estimate of drug-likeness (QED) is 0.755. The summed E-state index contributed by atoms with van der Waals surface area (Å²) in [5.74, 6) is 0.0378. The van der Waals surface area contributed by atoms with E-state index < -0.39 is 0 Å². The summed E-state index contributed by atoms with van der Waals surface area (Å²) in [7, 11) is 0. The molecule has 0 radical (unpaired) electrons. The molecule has 2 aromatic rings. The molecule has 170 valence electrons. The molecular formula is C25H32N4O3. The third-order valence-corrected chi connectivity index (χ3v) is 6.42. The van der Waals surface area contributed by atoms with Crippen LogP contribution in [0.4, 0.5) is 4.79 Å². The number of nitrogens with one attached hydrogen (secondary N) is 1. The number of benzene rings is 1. The molecule has 2 saturated heterocycles. The monoisotopic (exact) mass is 436 g/mol. The second-order valence-corrected chi connectivity index (χ2v) is 8.48. The van der Waals surface area contributed by atoms with Gasteiger partial charge < -0.3 is 19.9 Å². The van der Waals surface area contributed by atoms with Crippen molar-refractivity contribution in [1.29, 1.82) is 0 Å². The molecule has 1 aromatic carbocycles. The average molecular weight is 437 g/mol. The highest BCUT2D eigenvalue weighted by atomic mass is 16.5. The Morgan fingerprint density at radius 2 is 1.62 bits per heavy atom. The molecule has 1 aromatic heterocycles. The standard InChI is InChI=1S/C25H32N4O3/c30-24(21-7-13-26-14-8-21)28-16-9-22(10-17-28)29(23-11-18-32-19-12-23)25(31)27-15-6-20-4-2-1-3-5-20/h1-5,7-8,13-14,22-23H,6,9-12,15-19H2,(H,27,31). The minimum absolute atomic E-state index is 0.00624. The van der Waals surface area contributed by atoms with Gasteiger partial charge in [-0.15, -0.1) is 0 Å². The van der Waals surface area contributed by atoms with Crippen molar-refractivity contribution in [3.8, 4) is 0 Å². The maximum Gasteiger partial charge on any atom is 0.317 e. The van der Waals surface area contributed by atoms with Crippen molar-refractivity contribution in [2.24, 2.45) is 0 Å². The smallest absolute Gasteiger partial charge is 0.317 e. The zero-order chi connectivity index (χ0) is 22.2. The molecule has 0 aliphatic carbocycles. The lowest BCUT2D eigenvalue weighted by atomic mass is 9.98. The van der Waals surface area contributed by atoms with E-state index in [9.17, 15) is 9.59 Å². The van der Waals surface area contributed by atoms with E-state index in [2.05, 4.69) is 27.3 Å². The first-order valence-electron chi connectivity index (χ1n) is 11.6. The SMILES string of the molecule is O=C(c1ccncc1)N1CCC(N(C(=O)NCCc2ccccc2)C2CCOCC2)CC1. The third kappa shape index (κ3) is 5.65. The van der Waals surface area contributed by atoms with E-state index in [1.54, 1.807) is 24.5 Å². The van der Waals surface area contributed by atoms with Gasteiger partial charge in [0.05, 0.1) is 0 Å². The highest BCUT2D eigenvalue weighted by molar-refractivity contribution is 5.94. The number of pyridine rings is 1. The van der Waals surface area contributed by atoms with Gasteiger partial charge >= 0.3 is 6.03 Å². The summed E-state index contributed by atoms with van der Waals surface area (Å²) in [6.07, 6.45) is 7.41. The van der Waals surface area contributed by atoms with Crippen LogP contribution in [0.5, 0.6) is 0 Å². The summed E-state index contributed by atoms with van der Waals surface area (Å²) in [4.78, 5) is 34.0. The molecule has 0 saturated carbocycles. The Kier molecular flexibility index (Phi) is 7.72. The van der Waals surface area contributed by atoms with Crippen LogP contribution in [0.1, 0.15) is 41.6 Å². The molecule has 7 heteroatoms. The fourth-order valence-electron chi connectivity index (χ4n) is 4.67. The first-order valence-corrected chi connectivity index (χ1v) is 11.6. The molecule has 3 heterocycles. The molecule has 2 aliphatic rings. The Morgan fingerprint density at radius 1 is 0.969 bits per heavy atom. The lowest BCUT2D eigenvalue weighted by Crippen LogP contribution is -2.56. The number of likely N-dealkylation sites (tertiary alicyclic amines) is 1. The summed E-state index contributed by atoms with van der Waals surface area (Å²) in [5.41, 5.74) is 1.88. The molecule has 7 nitrogen and oxygen atoms in total. The molecular weight excluding hydrogens is 404 g/mol. The molecule has 0 spiro atoms. The van der Waals surface area contributed by atoms with E-state index in [4.69, 9.17) is 4.74 Å². The number of rotatable bonds is 6. The van der Waals surface area contributed by atoms with Crippen LogP contribution in [0.2, 0.25) is 0 Å². The predicted octanol–water partition coefficient (Wildman–Crippen LogP) is 3.12. The maximum absolute atomic E-state index is 13.3. The van der Waals surface area contributed by atoms with Crippen LogP contribution in [-0.2, 0) is 11.2 Å². The maximum atomic E-state index is 13.3. The Labute approximate surface area is 189 Å². The highest BCUT2D eigenvalue weighted by Gasteiger charge is 2.35. The lowest BCUT2D eigenvalue weighted by Gasteiger charge is -2.43. The van der Waals surface area contributed by atoms with Crippen molar-refractivity contribution in [2.75, 3.05) is 32.8 Å². The van der Waals surface area contributed by atoms with Crippen LogP contribution in [0.3, 0.4) is 0 Å². The topological polar surface area (TPSA) is 74.8 Å². The fraction of sp³-hybridized carbons (Fsp3) is 0.480. The highest BCUT2D eigenvalue weighted by Crippen LogP contribution is 2.25. The molecule has 32 heavy (non-hydrogen) atoms. The average Bonchev–Trinajstić information content (AvgIpc) is 2.86. The van der Waals surface area contributed by atoms with Gasteiger partial charge in [0.15, 0.2) is 0 Å². The molecule has 1 N–H and O–H groups in total. The Balaban J connectivity index is 1.36. The zero-order valence-corrected chi connectivity index (χ0v) is 18.5. The number of aromatic nitrogens is 1. The molecule has 2 fully saturated rings. The number of carbonyl (C=O) groups is 2. The van der Waals surface area contributed by atoms with Crippen LogP contribution < -0.4 is 5.32 Å². The van der Waals surface area contributed by atoms with Crippen molar-refractivity contribution >= 4 is 11.9 Å². The molecule has 3 amide bonds. The third-order valence-electron chi connectivity index (χ3n) is 6.42. The number of hydrogen-bond acceptors (Lipinski definition) is 4. The number of piperidine rings is 1. The van der Waals surface area contributed by atoms with Gasteiger partial charge in [0.2, 0.25) is 0 Å². The number of ether oxygens (including phenoxy) is 1. The van der Waals surface area contributed by atoms with E-state index in [0.29, 0.717) is 38.4 Å². The number of carbonyl (C=O) groups excluding carboxylic acids is 2. The van der Waals surface area contributed by atoms with Gasteiger partial charge in [-0.05, 0) is 49.8 Å². The Hall–Kier alpha value is -2.93. The number of amides is 3. The summed E-state index contributed by atoms with van der Waals surface area (Å²) in [6.45, 7) is 3.31. The zero-order valence-electron chi connectivity index (χ0n) is 18.5. The van der Waals surface area contributed by atoms with Crippen LogP contribution in [0.15, 0.2) is 54.9 Å². The first-order chi connectivity index (χ1) is 15.7. The van der Waals surface area contributed by atoms with Crippen molar-refractivity contribution in [3.63, 3.8) is 0 Å². The van der Waals surface area contributed by atoms with Crippen LogP contribution in [0, 0.1) is 0 Å². The van der Waals surface area contributed by atoms with Gasteiger partial charge in [0.25, 0.3) is 5.91 Å². The first kappa shape index (κ1) is 22.3. The largest absolute Gasteiger partial charge is 0.381 e. The predicted molar refractivity (Wildman–Crippen MR) is 122 cm³/mol. The second kappa shape index (κ2) is 11.1. The van der Waals surface area contributed by atoms with Gasteiger partial charge in [-0.25, -0.2) is 4.79 Å². The van der Waals surface area contributed by atoms with Gasteiger partial charge in [-0.2, -0.15) is 0 Å². The van der Waals surface area contributed by atoms with Gasteiger partial charge in [0, 0.05) is 62.9 Å². The summed E-state index contributed by atoms with van der Waals surface area (Å²) < 4.78 is 5.54. The number of urea groups is 1. The van der Waals surface area contributed by atoms with Crippen LogP contribution in [0.25, 0.3) is 0 Å². The molecule has 4 rings (SSSR count). The van der Waals surface area contributed by atoms with Crippen molar-refractivity contribution in [1.82, 2.24) is 20.1 Å². The minimum Gasteiger partial charge on any atom is -0.381 e. The summed E-state index contributed by atoms with van der Waals surface area (Å²) >= 11 is 0. The van der Waals surface area contributed by atoms with Gasteiger partial charge in [-0.3, -0.25) is 9.78 Å². The molecule has 0 unspecified atom stereocenters. The van der Waals surface area contributed by atoms with E-state index in [1.807, 2.05) is 23.1 Å². The van der Waals surface area contributed by atoms with E-state index in [0.717, 1.165) is 32.1 Å². The van der Waals surface area contributed by atoms with Crippen molar-refractivity contribution in [3.05, 3.63) is 66.0 Å². The number of hydrogen-bond donors (Lipinski definition) is 1. The Morgan fingerprint density at radius 3 is 2.31 bits per heavy atom. The van der Waals surface area contributed by atoms with E-state index in [-0.39, 0.29) is 24.0 Å².